The molecule has 0 saturated carbocycles. The van der Waals surface area contributed by atoms with E-state index in [9.17, 15) is 33.6 Å². The number of carbonyl (C=O) groups excluding carboxylic acids is 7. The predicted molar refractivity (Wildman–Crippen MR) is 268 cm³/mol. The fourth-order valence-electron chi connectivity index (χ4n) is 7.64. The largest absolute Gasteiger partial charge is 0.461 e. The summed E-state index contributed by atoms with van der Waals surface area (Å²) in [6.07, 6.45) is 21.5. The minimum absolute atomic E-state index is 0.107. The molecule has 0 aliphatic heterocycles. The summed E-state index contributed by atoms with van der Waals surface area (Å²) in [5, 5.41) is 0. The highest BCUT2D eigenvalue weighted by Gasteiger charge is 2.26. The van der Waals surface area contributed by atoms with Crippen LogP contribution in [0.2, 0.25) is 0 Å². The third kappa shape index (κ3) is 30.3. The van der Waals surface area contributed by atoms with Gasteiger partial charge < -0.3 is 33.3 Å². The Balaban J connectivity index is 2.96. The van der Waals surface area contributed by atoms with Crippen LogP contribution in [0.15, 0.2) is 18.7 Å². The quantitative estimate of drug-likeness (QED) is 0.0341. The summed E-state index contributed by atoms with van der Waals surface area (Å²) in [5.41, 5.74) is 0. The fourth-order valence-corrected chi connectivity index (χ4v) is 7.64. The Morgan fingerprint density at radius 2 is 0.771 bits per heavy atom. The Labute approximate surface area is 420 Å². The zero-order valence-electron chi connectivity index (χ0n) is 44.6. The van der Waals surface area contributed by atoms with Crippen molar-refractivity contribution in [1.82, 2.24) is 14.5 Å². The number of rotatable bonds is 42. The van der Waals surface area contributed by atoms with E-state index in [0.717, 1.165) is 103 Å². The number of esters is 6. The van der Waals surface area contributed by atoms with Crippen LogP contribution < -0.4 is 0 Å². The third-order valence-corrected chi connectivity index (χ3v) is 12.4. The van der Waals surface area contributed by atoms with E-state index in [1.807, 2.05) is 0 Å². The molecule has 402 valence electrons. The van der Waals surface area contributed by atoms with Crippen LogP contribution in [-0.2, 0) is 57.2 Å². The number of imidazole rings is 1. The van der Waals surface area contributed by atoms with E-state index in [2.05, 4.69) is 32.7 Å². The molecule has 1 aromatic rings. The van der Waals surface area contributed by atoms with Crippen molar-refractivity contribution < 1.29 is 62.0 Å². The highest BCUT2D eigenvalue weighted by atomic mass is 16.6. The van der Waals surface area contributed by atoms with Gasteiger partial charge in [-0.05, 0) is 38.5 Å². The van der Waals surface area contributed by atoms with E-state index < -0.39 is 54.1 Å². The van der Waals surface area contributed by atoms with Crippen molar-refractivity contribution in [2.45, 2.75) is 222 Å². The molecule has 4 unspecified atom stereocenters. The summed E-state index contributed by atoms with van der Waals surface area (Å²) < 4.78 is 35.0. The first-order valence-corrected chi connectivity index (χ1v) is 27.0. The van der Waals surface area contributed by atoms with Gasteiger partial charge in [0.15, 0.2) is 12.2 Å². The van der Waals surface area contributed by atoms with Crippen molar-refractivity contribution in [2.24, 2.45) is 23.7 Å². The molecule has 1 heterocycles. The van der Waals surface area contributed by atoms with E-state index >= 15 is 0 Å². The molecule has 1 rings (SSSR count). The molecule has 70 heavy (non-hydrogen) atoms. The van der Waals surface area contributed by atoms with Gasteiger partial charge in [-0.25, -0.2) is 9.78 Å². The molecule has 1 amide bonds. The first-order chi connectivity index (χ1) is 33.7. The molecule has 0 aromatic carbocycles. The summed E-state index contributed by atoms with van der Waals surface area (Å²) >= 11 is 0. The zero-order chi connectivity index (χ0) is 51.9. The maximum atomic E-state index is 13.5. The van der Waals surface area contributed by atoms with E-state index in [0.29, 0.717) is 25.7 Å². The summed E-state index contributed by atoms with van der Waals surface area (Å²) in [4.78, 5) is 97.0. The van der Waals surface area contributed by atoms with Crippen molar-refractivity contribution >= 4 is 41.8 Å². The summed E-state index contributed by atoms with van der Waals surface area (Å²) in [5.74, 6) is -4.26. The Morgan fingerprint density at radius 3 is 1.04 bits per heavy atom. The van der Waals surface area contributed by atoms with Gasteiger partial charge >= 0.3 is 41.8 Å². The lowest BCUT2D eigenvalue weighted by Gasteiger charge is -2.23. The number of ether oxygens (including phenoxy) is 6. The van der Waals surface area contributed by atoms with Gasteiger partial charge in [0, 0.05) is 38.3 Å². The number of hydrogen-bond donors (Lipinski definition) is 0. The molecule has 0 radical (unpaired) electrons. The summed E-state index contributed by atoms with van der Waals surface area (Å²) in [6, 6.07) is -0.423. The fraction of sp³-hybridized carbons (Fsp3) is 0.815. The van der Waals surface area contributed by atoms with Crippen molar-refractivity contribution in [2.75, 3.05) is 39.5 Å². The van der Waals surface area contributed by atoms with E-state index in [1.165, 1.54) is 28.2 Å². The molecule has 16 nitrogen and oxygen atoms in total. The monoisotopic (exact) mass is 992 g/mol. The number of amides is 1. The molecule has 0 aliphatic rings. The van der Waals surface area contributed by atoms with E-state index in [-0.39, 0.29) is 88.9 Å². The molecule has 0 saturated heterocycles. The van der Waals surface area contributed by atoms with Gasteiger partial charge in [0.1, 0.15) is 32.8 Å². The molecular weight excluding hydrogens is 899 g/mol. The van der Waals surface area contributed by atoms with Crippen LogP contribution in [0.1, 0.15) is 209 Å². The minimum atomic E-state index is -1.02. The Kier molecular flexibility index (Phi) is 36.4. The lowest BCUT2D eigenvalue weighted by Crippen LogP contribution is -2.37. The normalized spacial score (nSPS) is 13.8. The maximum Gasteiger partial charge on any atom is 0.329 e. The molecule has 0 fully saturated rings. The summed E-state index contributed by atoms with van der Waals surface area (Å²) in [7, 11) is 0. The molecular formula is C54H93N3O13. The van der Waals surface area contributed by atoms with Gasteiger partial charge in [-0.2, -0.15) is 0 Å². The number of aromatic nitrogens is 2. The molecule has 0 N–H and O–H groups in total. The van der Waals surface area contributed by atoms with Gasteiger partial charge in [-0.15, -0.1) is 0 Å². The summed E-state index contributed by atoms with van der Waals surface area (Å²) in [6.45, 7) is 14.8. The molecule has 1 aromatic heterocycles. The van der Waals surface area contributed by atoms with Crippen LogP contribution in [0.25, 0.3) is 0 Å². The highest BCUT2D eigenvalue weighted by molar-refractivity contribution is 5.77. The number of unbranched alkanes of at least 4 members (excludes halogenated alkanes) is 12. The highest BCUT2D eigenvalue weighted by Crippen LogP contribution is 2.18. The van der Waals surface area contributed by atoms with Crippen LogP contribution in [0.3, 0.4) is 0 Å². The van der Waals surface area contributed by atoms with Crippen molar-refractivity contribution in [3.8, 4) is 0 Å². The maximum absolute atomic E-state index is 13.5. The lowest BCUT2D eigenvalue weighted by atomic mass is 10.0. The van der Waals surface area contributed by atoms with Crippen molar-refractivity contribution in [3.05, 3.63) is 18.7 Å². The van der Waals surface area contributed by atoms with Crippen LogP contribution >= 0.6 is 0 Å². The number of carbonyl (C=O) groups is 7. The molecule has 0 spiro atoms. The van der Waals surface area contributed by atoms with Crippen LogP contribution in [-0.4, -0.2) is 108 Å². The van der Waals surface area contributed by atoms with Crippen molar-refractivity contribution in [3.63, 3.8) is 0 Å². The predicted octanol–water partition coefficient (Wildman–Crippen LogP) is 11.1. The Hall–Kier alpha value is -4.50. The number of hydrogen-bond acceptors (Lipinski definition) is 14. The molecule has 16 heteroatoms. The first-order valence-electron chi connectivity index (χ1n) is 27.0. The SMILES string of the molecule is CCCCCCC(C)C(=O)OCC(COC(=O)C(C)CCCCCC)OC(=O)CCCN(CCCC(=O)OC(COC(=O)C(C)CCCCCC)COC(=O)C(C)CCCCCC)C(=O)n1ccnc1. The second-order valence-electron chi connectivity index (χ2n) is 19.2. The van der Waals surface area contributed by atoms with Gasteiger partial charge in [0.05, 0.1) is 23.7 Å². The van der Waals surface area contributed by atoms with Crippen LogP contribution in [0.5, 0.6) is 0 Å². The van der Waals surface area contributed by atoms with Gasteiger partial charge in [-0.1, -0.05) is 158 Å². The van der Waals surface area contributed by atoms with Crippen LogP contribution in [0, 0.1) is 23.7 Å². The van der Waals surface area contributed by atoms with Gasteiger partial charge in [0.25, 0.3) is 0 Å². The third-order valence-electron chi connectivity index (χ3n) is 12.4. The average Bonchev–Trinajstić information content (AvgIpc) is 3.90. The Morgan fingerprint density at radius 1 is 0.457 bits per heavy atom. The van der Waals surface area contributed by atoms with Crippen molar-refractivity contribution in [1.29, 1.82) is 0 Å². The second-order valence-corrected chi connectivity index (χ2v) is 19.2. The van der Waals surface area contributed by atoms with Crippen LogP contribution in [0.4, 0.5) is 4.79 Å². The van der Waals surface area contributed by atoms with E-state index in [4.69, 9.17) is 28.4 Å². The average molecular weight is 992 g/mol. The minimum Gasteiger partial charge on any atom is -0.461 e. The lowest BCUT2D eigenvalue weighted by molar-refractivity contribution is -0.169. The van der Waals surface area contributed by atoms with E-state index in [1.54, 1.807) is 27.7 Å². The smallest absolute Gasteiger partial charge is 0.329 e. The van der Waals surface area contributed by atoms with Gasteiger partial charge in [0.2, 0.25) is 0 Å². The first kappa shape index (κ1) is 63.5. The number of nitrogens with zero attached hydrogens (tertiary/aromatic N) is 3. The molecule has 0 bridgehead atoms. The Bertz CT molecular complexity index is 1430. The zero-order valence-corrected chi connectivity index (χ0v) is 44.6. The van der Waals surface area contributed by atoms with Gasteiger partial charge in [-0.3, -0.25) is 33.3 Å². The molecule has 0 aliphatic carbocycles. The topological polar surface area (TPSA) is 196 Å². The second kappa shape index (κ2) is 40.1. The molecule has 4 atom stereocenters. The standard InChI is InChI=1S/C54H93N3O13/c1-9-13-17-21-27-42(5)50(60)65-37-46(38-66-51(61)43(6)28-22-18-14-10-2)69-48(58)31-25-34-56(54(64)57-36-33-55-41-57)35-26-32-49(59)70-47(39-67-52(62)44(7)29-23-19-15-11-3)40-68-53(63)45(8)30-24-20-16-12-4/h33,36,41-47H,9-32,34-35,37-40H2,1-8H3.